The molecular formula is C24H31N3O4S2. The van der Waals surface area contributed by atoms with Crippen molar-refractivity contribution >= 4 is 27.0 Å². The lowest BCUT2D eigenvalue weighted by atomic mass is 9.99. The van der Waals surface area contributed by atoms with Crippen molar-refractivity contribution in [2.45, 2.75) is 26.2 Å². The third kappa shape index (κ3) is 6.93. The van der Waals surface area contributed by atoms with Gasteiger partial charge in [0.15, 0.2) is 0 Å². The highest BCUT2D eigenvalue weighted by molar-refractivity contribution is 7.89. The number of H-pyrrole nitrogens is 1. The van der Waals surface area contributed by atoms with Crippen LogP contribution < -0.4 is 15.6 Å². The molecule has 0 unspecified atom stereocenters. The monoisotopic (exact) mass is 489 g/mol. The van der Waals surface area contributed by atoms with E-state index in [1.807, 2.05) is 36.6 Å². The average molecular weight is 490 g/mol. The van der Waals surface area contributed by atoms with Crippen LogP contribution in [0.5, 0.6) is 5.75 Å². The van der Waals surface area contributed by atoms with Crippen molar-refractivity contribution < 1.29 is 13.2 Å². The van der Waals surface area contributed by atoms with Gasteiger partial charge < -0.3 is 15.0 Å². The van der Waals surface area contributed by atoms with E-state index in [-0.39, 0.29) is 11.3 Å². The van der Waals surface area contributed by atoms with Gasteiger partial charge >= 0.3 is 0 Å². The van der Waals surface area contributed by atoms with E-state index in [9.17, 15) is 13.2 Å². The maximum absolute atomic E-state index is 12.6. The van der Waals surface area contributed by atoms with Gasteiger partial charge in [0, 0.05) is 50.2 Å². The van der Waals surface area contributed by atoms with Crippen LogP contribution in [-0.2, 0) is 22.9 Å². The normalized spacial score (nSPS) is 11.6. The maximum Gasteiger partial charge on any atom is 0.255 e. The molecule has 33 heavy (non-hydrogen) atoms. The fourth-order valence-corrected chi connectivity index (χ4v) is 4.99. The fraction of sp³-hybridized carbons (Fsp3) is 0.375. The number of anilines is 1. The molecule has 2 aromatic heterocycles. The molecule has 0 amide bonds. The summed E-state index contributed by atoms with van der Waals surface area (Å²) in [7, 11) is -0.115. The molecule has 0 atom stereocenters. The van der Waals surface area contributed by atoms with Crippen molar-refractivity contribution in [1.82, 2.24) is 9.29 Å². The number of aromatic amines is 1. The third-order valence-corrected chi connectivity index (χ3v) is 8.32. The van der Waals surface area contributed by atoms with E-state index in [4.69, 9.17) is 4.74 Å². The minimum absolute atomic E-state index is 0.0945. The molecule has 2 N–H and O–H groups in total. The van der Waals surface area contributed by atoms with Gasteiger partial charge in [-0.25, -0.2) is 12.7 Å². The minimum atomic E-state index is -3.20. The molecular weight excluding hydrogens is 458 g/mol. The lowest BCUT2D eigenvalue weighted by molar-refractivity contribution is 0.319. The molecule has 0 spiro atoms. The molecule has 0 saturated carbocycles. The number of rotatable bonds is 12. The number of nitrogens with zero attached hydrogens (tertiary/aromatic N) is 1. The van der Waals surface area contributed by atoms with Gasteiger partial charge in [-0.15, -0.1) is 11.3 Å². The van der Waals surface area contributed by atoms with E-state index in [1.54, 1.807) is 37.7 Å². The average Bonchev–Trinajstić information content (AvgIpc) is 3.29. The molecule has 1 aromatic carbocycles. The fourth-order valence-electron chi connectivity index (χ4n) is 3.43. The zero-order valence-electron chi connectivity index (χ0n) is 19.3. The smallest absolute Gasteiger partial charge is 0.255 e. The number of benzene rings is 1. The van der Waals surface area contributed by atoms with E-state index >= 15 is 0 Å². The molecule has 0 radical (unpaired) electrons. The predicted molar refractivity (Wildman–Crippen MR) is 135 cm³/mol. The summed E-state index contributed by atoms with van der Waals surface area (Å²) in [5.74, 6) is 0.694. The lowest BCUT2D eigenvalue weighted by Gasteiger charge is -2.16. The first-order chi connectivity index (χ1) is 15.8. The van der Waals surface area contributed by atoms with Gasteiger partial charge in [-0.1, -0.05) is 18.2 Å². The Morgan fingerprint density at radius 1 is 1.15 bits per heavy atom. The third-order valence-electron chi connectivity index (χ3n) is 5.47. The van der Waals surface area contributed by atoms with Crippen LogP contribution in [0, 0.1) is 6.92 Å². The van der Waals surface area contributed by atoms with Crippen LogP contribution in [0.15, 0.2) is 52.8 Å². The van der Waals surface area contributed by atoms with Crippen LogP contribution in [0.1, 0.15) is 28.0 Å². The summed E-state index contributed by atoms with van der Waals surface area (Å²) in [6.45, 7) is 3.05. The largest absolute Gasteiger partial charge is 0.493 e. The molecule has 0 aliphatic heterocycles. The quantitative estimate of drug-likeness (QED) is 0.379. The van der Waals surface area contributed by atoms with Gasteiger partial charge in [0.2, 0.25) is 10.0 Å². The lowest BCUT2D eigenvalue weighted by Crippen LogP contribution is -2.26. The summed E-state index contributed by atoms with van der Waals surface area (Å²) in [4.78, 5) is 16.6. The highest BCUT2D eigenvalue weighted by atomic mass is 32.2. The topological polar surface area (TPSA) is 91.5 Å². The molecule has 3 aromatic rings. The standard InChI is InChI=1S/C24H31N3O4S2/c1-18-19(7-4-9-22(18)25-12-6-16-33(29,30)27(2)3)17-21-23(10-13-26-24(21)28)31-14-11-20-8-5-15-32-20/h4-5,7-10,13,15,25H,6,11-12,14,16-17H2,1-3H3,(H,26,28). The van der Waals surface area contributed by atoms with E-state index in [0.29, 0.717) is 37.3 Å². The number of thiophene rings is 1. The van der Waals surface area contributed by atoms with Crippen molar-refractivity contribution in [2.75, 3.05) is 38.3 Å². The van der Waals surface area contributed by atoms with E-state index < -0.39 is 10.0 Å². The number of sulfonamides is 1. The van der Waals surface area contributed by atoms with Crippen molar-refractivity contribution in [3.05, 3.63) is 79.9 Å². The second kappa shape index (κ2) is 11.5. The van der Waals surface area contributed by atoms with Gasteiger partial charge in [0.05, 0.1) is 17.9 Å². The van der Waals surface area contributed by atoms with Gasteiger partial charge in [-0.2, -0.15) is 0 Å². The summed E-state index contributed by atoms with van der Waals surface area (Å²) >= 11 is 1.69. The van der Waals surface area contributed by atoms with Crippen molar-refractivity contribution in [1.29, 1.82) is 0 Å². The number of hydrogen-bond acceptors (Lipinski definition) is 6. The zero-order chi connectivity index (χ0) is 23.8. The Balaban J connectivity index is 1.66. The Kier molecular flexibility index (Phi) is 8.71. The Morgan fingerprint density at radius 2 is 1.97 bits per heavy atom. The van der Waals surface area contributed by atoms with Crippen molar-refractivity contribution in [3.63, 3.8) is 0 Å². The van der Waals surface area contributed by atoms with E-state index in [0.717, 1.165) is 23.2 Å². The number of ether oxygens (including phenoxy) is 1. The Morgan fingerprint density at radius 3 is 2.70 bits per heavy atom. The summed E-state index contributed by atoms with van der Waals surface area (Å²) in [5.41, 5.74) is 3.42. The van der Waals surface area contributed by atoms with E-state index in [1.165, 1.54) is 9.18 Å². The summed E-state index contributed by atoms with van der Waals surface area (Å²) in [5, 5.41) is 5.37. The molecule has 0 fully saturated rings. The zero-order valence-corrected chi connectivity index (χ0v) is 20.9. The van der Waals surface area contributed by atoms with E-state index in [2.05, 4.69) is 16.4 Å². The van der Waals surface area contributed by atoms with Crippen LogP contribution in [0.4, 0.5) is 5.69 Å². The predicted octanol–water partition coefficient (Wildman–Crippen LogP) is 3.65. The maximum atomic E-state index is 12.6. The number of pyridine rings is 1. The van der Waals surface area contributed by atoms with Gasteiger partial charge in [0.25, 0.3) is 5.56 Å². The summed E-state index contributed by atoms with van der Waals surface area (Å²) in [6, 6.07) is 11.8. The van der Waals surface area contributed by atoms with Crippen LogP contribution in [0.25, 0.3) is 0 Å². The molecule has 0 aliphatic carbocycles. The van der Waals surface area contributed by atoms with Gasteiger partial charge in [-0.3, -0.25) is 4.79 Å². The molecule has 178 valence electrons. The summed E-state index contributed by atoms with van der Waals surface area (Å²) in [6.07, 6.45) is 3.36. The van der Waals surface area contributed by atoms with Gasteiger partial charge in [0.1, 0.15) is 5.75 Å². The van der Waals surface area contributed by atoms with Crippen LogP contribution in [0.2, 0.25) is 0 Å². The number of nitrogens with one attached hydrogen (secondary N) is 2. The Bertz CT molecular complexity index is 1200. The highest BCUT2D eigenvalue weighted by Gasteiger charge is 2.14. The van der Waals surface area contributed by atoms with Crippen molar-refractivity contribution in [3.8, 4) is 5.75 Å². The molecule has 9 heteroatoms. The number of hydrogen-bond donors (Lipinski definition) is 2. The Hall–Kier alpha value is -2.62. The van der Waals surface area contributed by atoms with Crippen LogP contribution in [-0.4, -0.2) is 50.7 Å². The SMILES string of the molecule is Cc1c(Cc2c(OCCc3cccs3)cc[nH]c2=O)cccc1NCCCS(=O)(=O)N(C)C. The first-order valence-electron chi connectivity index (χ1n) is 10.9. The molecule has 0 aliphatic rings. The number of aromatic nitrogens is 1. The van der Waals surface area contributed by atoms with Crippen molar-refractivity contribution in [2.24, 2.45) is 0 Å². The summed E-state index contributed by atoms with van der Waals surface area (Å²) < 4.78 is 31.1. The molecule has 7 nitrogen and oxygen atoms in total. The molecule has 0 bridgehead atoms. The molecule has 3 rings (SSSR count). The van der Waals surface area contributed by atoms with Gasteiger partial charge in [-0.05, 0) is 48.1 Å². The van der Waals surface area contributed by atoms with Crippen LogP contribution in [0.3, 0.4) is 0 Å². The first kappa shape index (κ1) is 25.0. The molecule has 0 saturated heterocycles. The first-order valence-corrected chi connectivity index (χ1v) is 13.3. The Labute approximate surface area is 199 Å². The second-order valence-electron chi connectivity index (χ2n) is 7.97. The molecule has 2 heterocycles. The highest BCUT2D eigenvalue weighted by Crippen LogP contribution is 2.24. The minimum Gasteiger partial charge on any atom is -0.493 e. The van der Waals surface area contributed by atoms with Crippen LogP contribution >= 0.6 is 11.3 Å². The second-order valence-corrected chi connectivity index (χ2v) is 11.3.